The minimum atomic E-state index is -2.32. The summed E-state index contributed by atoms with van der Waals surface area (Å²) < 4.78 is 3.76. The Hall–Kier alpha value is -0.200. The summed E-state index contributed by atoms with van der Waals surface area (Å²) in [6.07, 6.45) is 0.877. The normalized spacial score (nSPS) is 24.2. The Bertz CT molecular complexity index is 193. The molecule has 5 heteroatoms. The number of likely N-dealkylation sites (N-methyl/N-ethyl adjacent to an activating group) is 2. The van der Waals surface area contributed by atoms with Crippen molar-refractivity contribution in [3.63, 3.8) is 0 Å². The van der Waals surface area contributed by atoms with Gasteiger partial charge in [0.15, 0.2) is 0 Å². The summed E-state index contributed by atoms with van der Waals surface area (Å²) in [7, 11) is 1.40. The van der Waals surface area contributed by atoms with Crippen LogP contribution in [0.15, 0.2) is 0 Å². The highest BCUT2D eigenvalue weighted by atomic mass is 31.2. The lowest BCUT2D eigenvalue weighted by molar-refractivity contribution is -0.188. The molecular weight excluding hydrogens is 173 g/mol. The molecule has 0 unspecified atom stereocenters. The van der Waals surface area contributed by atoms with Crippen LogP contribution in [0.5, 0.6) is 0 Å². The second-order valence-electron chi connectivity index (χ2n) is 3.06. The molecule has 1 rings (SSSR count). The van der Waals surface area contributed by atoms with Crippen molar-refractivity contribution in [3.05, 3.63) is 0 Å². The minimum Gasteiger partial charge on any atom is -0.651 e. The van der Waals surface area contributed by atoms with E-state index in [9.17, 15) is 4.89 Å². The molecule has 1 aliphatic rings. The smallest absolute Gasteiger partial charge is 0.107 e. The van der Waals surface area contributed by atoms with E-state index in [0.717, 1.165) is 13.1 Å². The Kier molecular flexibility index (Phi) is 3.03. The summed E-state index contributed by atoms with van der Waals surface area (Å²) in [5.41, 5.74) is 0. The van der Waals surface area contributed by atoms with E-state index in [4.69, 9.17) is 5.26 Å². The number of hydrogen-bond acceptors (Lipinski definition) is 4. The second kappa shape index (κ2) is 3.68. The van der Waals surface area contributed by atoms with Gasteiger partial charge >= 0.3 is 0 Å². The van der Waals surface area contributed by atoms with Crippen LogP contribution in [-0.2, 0) is 0 Å². The van der Waals surface area contributed by atoms with E-state index in [-0.39, 0.29) is 0 Å². The average molecular weight is 187 g/mol. The molecule has 12 heavy (non-hydrogen) atoms. The van der Waals surface area contributed by atoms with Crippen molar-refractivity contribution in [3.8, 4) is 6.07 Å². The topological polar surface area (TPSA) is 53.3 Å². The van der Waals surface area contributed by atoms with Crippen LogP contribution in [0.3, 0.4) is 0 Å². The summed E-state index contributed by atoms with van der Waals surface area (Å²) in [5.74, 6) is 0. The van der Waals surface area contributed by atoms with Gasteiger partial charge < -0.3 is 4.89 Å². The van der Waals surface area contributed by atoms with Crippen molar-refractivity contribution in [2.45, 2.75) is 6.42 Å². The van der Waals surface area contributed by atoms with Gasteiger partial charge in [0.25, 0.3) is 0 Å². The van der Waals surface area contributed by atoms with Crippen molar-refractivity contribution in [1.29, 1.82) is 5.26 Å². The number of rotatable bonds is 2. The molecule has 1 heterocycles. The second-order valence-corrected chi connectivity index (χ2v) is 6.20. The quantitative estimate of drug-likeness (QED) is 0.566. The van der Waals surface area contributed by atoms with E-state index in [1.165, 1.54) is 0 Å². The predicted molar refractivity (Wildman–Crippen MR) is 47.3 cm³/mol. The first-order chi connectivity index (χ1) is 5.61. The Morgan fingerprint density at radius 2 is 1.92 bits per heavy atom. The van der Waals surface area contributed by atoms with Crippen LogP contribution in [0.4, 0.5) is 0 Å². The van der Waals surface area contributed by atoms with E-state index in [1.807, 2.05) is 29.5 Å². The maximum atomic E-state index is 12.1. The van der Waals surface area contributed by atoms with Gasteiger partial charge in [-0.2, -0.15) is 14.6 Å². The van der Waals surface area contributed by atoms with E-state index in [2.05, 4.69) is 0 Å². The lowest BCUT2D eigenvalue weighted by Crippen LogP contribution is -2.31. The van der Waals surface area contributed by atoms with Gasteiger partial charge in [0.1, 0.15) is 7.79 Å². The summed E-state index contributed by atoms with van der Waals surface area (Å²) in [6.45, 7) is 1.69. The van der Waals surface area contributed by atoms with Crippen LogP contribution >= 0.6 is 7.79 Å². The zero-order valence-corrected chi connectivity index (χ0v) is 8.42. The zero-order valence-electron chi connectivity index (χ0n) is 7.53. The molecule has 68 valence electrons. The van der Waals surface area contributed by atoms with Crippen molar-refractivity contribution in [2.24, 2.45) is 0 Å². The minimum absolute atomic E-state index is 0.381. The molecule has 1 fully saturated rings. The molecule has 0 bridgehead atoms. The van der Waals surface area contributed by atoms with Gasteiger partial charge in [-0.05, 0) is 0 Å². The van der Waals surface area contributed by atoms with Gasteiger partial charge in [0, 0.05) is 14.1 Å². The van der Waals surface area contributed by atoms with E-state index >= 15 is 0 Å². The molecule has 0 aromatic rings. The molecule has 0 N–H and O–H groups in total. The largest absolute Gasteiger partial charge is 0.651 e. The fourth-order valence-corrected chi connectivity index (χ4v) is 3.80. The van der Waals surface area contributed by atoms with E-state index < -0.39 is 7.79 Å². The van der Waals surface area contributed by atoms with E-state index in [0.29, 0.717) is 12.6 Å². The Balaban J connectivity index is 2.61. The molecule has 0 aromatic heterocycles. The molecule has 1 saturated heterocycles. The first-order valence-electron chi connectivity index (χ1n) is 4.00. The fraction of sp³-hybridized carbons (Fsp3) is 0.857. The molecule has 0 aromatic carbocycles. The monoisotopic (exact) mass is 187 g/mol. The van der Waals surface area contributed by atoms with Crippen LogP contribution in [-0.4, -0.2) is 42.7 Å². The van der Waals surface area contributed by atoms with Gasteiger partial charge in [-0.3, -0.25) is 0 Å². The van der Waals surface area contributed by atoms with Crippen LogP contribution in [0.2, 0.25) is 0 Å². The third kappa shape index (κ3) is 1.60. The molecule has 0 aliphatic carbocycles. The molecular formula is C7H14N3OP. The lowest BCUT2D eigenvalue weighted by atomic mass is 10.6. The van der Waals surface area contributed by atoms with Crippen molar-refractivity contribution < 1.29 is 4.89 Å². The highest BCUT2D eigenvalue weighted by Crippen LogP contribution is 2.58. The van der Waals surface area contributed by atoms with Crippen molar-refractivity contribution in [2.75, 3.05) is 33.3 Å². The van der Waals surface area contributed by atoms with Gasteiger partial charge in [-0.15, -0.1) is 0 Å². The van der Waals surface area contributed by atoms with Gasteiger partial charge in [-0.25, -0.2) is 0 Å². The molecule has 0 spiro atoms. The average Bonchev–Trinajstić information content (AvgIpc) is 2.30. The zero-order chi connectivity index (χ0) is 9.19. The van der Waals surface area contributed by atoms with Crippen LogP contribution in [0.25, 0.3) is 0 Å². The maximum Gasteiger partial charge on any atom is 0.107 e. The Labute approximate surface area is 73.9 Å². The molecule has 0 saturated carbocycles. The number of hydrogen-bond donors (Lipinski definition) is 0. The van der Waals surface area contributed by atoms with Crippen molar-refractivity contribution in [1.82, 2.24) is 9.34 Å². The number of nitriles is 1. The maximum absolute atomic E-state index is 12.1. The third-order valence-corrected chi connectivity index (χ3v) is 5.67. The lowest BCUT2D eigenvalue weighted by Gasteiger charge is -2.35. The standard InChI is InChI=1S/C7H14N3OP/c1-9-5-6-10(2)12(9,11)7-3-4-8/h3,5-7H2,1-2H3. The Morgan fingerprint density at radius 1 is 1.42 bits per heavy atom. The summed E-state index contributed by atoms with van der Waals surface area (Å²) in [5, 5.41) is 8.41. The molecule has 0 radical (unpaired) electrons. The van der Waals surface area contributed by atoms with Crippen LogP contribution in [0, 0.1) is 11.3 Å². The SMILES string of the molecule is CN1CCN(C)[P+]1([O-])CCC#N. The first-order valence-corrected chi connectivity index (χ1v) is 5.80. The van der Waals surface area contributed by atoms with Crippen LogP contribution in [0.1, 0.15) is 6.42 Å². The van der Waals surface area contributed by atoms with Gasteiger partial charge in [-0.1, -0.05) is 0 Å². The number of nitrogens with zero attached hydrogens (tertiary/aromatic N) is 3. The third-order valence-electron chi connectivity index (χ3n) is 2.33. The fourth-order valence-electron chi connectivity index (χ4n) is 1.40. The molecule has 1 aliphatic heterocycles. The van der Waals surface area contributed by atoms with Crippen LogP contribution < -0.4 is 4.89 Å². The van der Waals surface area contributed by atoms with Gasteiger partial charge in [0.2, 0.25) is 0 Å². The summed E-state index contributed by atoms with van der Waals surface area (Å²) in [6, 6.07) is 2.04. The molecule has 4 nitrogen and oxygen atoms in total. The van der Waals surface area contributed by atoms with E-state index in [1.54, 1.807) is 0 Å². The van der Waals surface area contributed by atoms with Crippen molar-refractivity contribution >= 4 is 7.79 Å². The highest BCUT2D eigenvalue weighted by Gasteiger charge is 2.41. The molecule has 0 amide bonds. The highest BCUT2D eigenvalue weighted by molar-refractivity contribution is 7.64. The predicted octanol–water partition coefficient (Wildman–Crippen LogP) is -0.0998. The van der Waals surface area contributed by atoms with Gasteiger partial charge in [0.05, 0.1) is 31.7 Å². The summed E-state index contributed by atoms with van der Waals surface area (Å²) >= 11 is 0. The molecule has 0 atom stereocenters. The summed E-state index contributed by atoms with van der Waals surface area (Å²) in [4.78, 5) is 12.1. The Morgan fingerprint density at radius 3 is 2.33 bits per heavy atom. The first kappa shape index (κ1) is 9.88.